The minimum Gasteiger partial charge on any atom is -0.488 e. The van der Waals surface area contributed by atoms with Gasteiger partial charge in [0.05, 0.1) is 5.69 Å². The molecule has 1 N–H and O–H groups in total. The molecule has 7 heteroatoms. The van der Waals surface area contributed by atoms with E-state index in [4.69, 9.17) is 16.3 Å². The van der Waals surface area contributed by atoms with Crippen LogP contribution in [0.1, 0.15) is 11.1 Å². The lowest BCUT2D eigenvalue weighted by Crippen LogP contribution is -2.30. The van der Waals surface area contributed by atoms with Crippen molar-refractivity contribution >= 4 is 51.2 Å². The highest BCUT2D eigenvalue weighted by Gasteiger charge is 2.35. The first-order valence-electron chi connectivity index (χ1n) is 9.10. The molecule has 5 nitrogen and oxygen atoms in total. The van der Waals surface area contributed by atoms with Crippen LogP contribution in [0.2, 0.25) is 5.02 Å². The Labute approximate surface area is 187 Å². The minimum atomic E-state index is -0.532. The maximum absolute atomic E-state index is 12.9. The second-order valence-corrected chi connectivity index (χ2v) is 7.92. The second kappa shape index (κ2) is 8.73. The fraction of sp³-hybridized carbons (Fsp3) is 0.0435. The third kappa shape index (κ3) is 4.40. The van der Waals surface area contributed by atoms with E-state index in [1.807, 2.05) is 48.5 Å². The highest BCUT2D eigenvalue weighted by Crippen LogP contribution is 2.29. The van der Waals surface area contributed by atoms with Crippen LogP contribution < -0.4 is 15.0 Å². The van der Waals surface area contributed by atoms with Gasteiger partial charge in [0.15, 0.2) is 0 Å². The number of anilines is 1. The number of carbonyl (C=O) groups excluding carboxylic acids is 2. The number of rotatable bonds is 5. The summed E-state index contributed by atoms with van der Waals surface area (Å²) in [6.07, 6.45) is 1.61. The molecular formula is C23H16BrClN2O3. The molecule has 30 heavy (non-hydrogen) atoms. The van der Waals surface area contributed by atoms with Crippen LogP contribution in [0.3, 0.4) is 0 Å². The number of ether oxygens (including phenoxy) is 1. The van der Waals surface area contributed by atoms with E-state index in [1.165, 1.54) is 0 Å². The molecule has 4 rings (SSSR count). The molecule has 0 saturated carbocycles. The van der Waals surface area contributed by atoms with E-state index in [-0.39, 0.29) is 5.70 Å². The summed E-state index contributed by atoms with van der Waals surface area (Å²) in [5, 5.41) is 3.06. The lowest BCUT2D eigenvalue weighted by atomic mass is 10.1. The summed E-state index contributed by atoms with van der Waals surface area (Å²) in [7, 11) is 0. The third-order valence-electron chi connectivity index (χ3n) is 4.45. The van der Waals surface area contributed by atoms with Crippen molar-refractivity contribution < 1.29 is 14.3 Å². The van der Waals surface area contributed by atoms with E-state index in [9.17, 15) is 9.59 Å². The Morgan fingerprint density at radius 1 is 1.00 bits per heavy atom. The fourth-order valence-electron chi connectivity index (χ4n) is 3.04. The zero-order valence-electron chi connectivity index (χ0n) is 15.6. The molecule has 0 aliphatic carbocycles. The van der Waals surface area contributed by atoms with Crippen LogP contribution in [-0.2, 0) is 11.4 Å². The number of nitrogens with one attached hydrogen (secondary N) is 1. The van der Waals surface area contributed by atoms with Crippen LogP contribution in [0.4, 0.5) is 10.5 Å². The summed E-state index contributed by atoms with van der Waals surface area (Å²) in [5.41, 5.74) is 2.25. The average molecular weight is 484 g/mol. The number of halogens is 2. The Bertz CT molecular complexity index is 1150. The number of benzene rings is 3. The van der Waals surface area contributed by atoms with Crippen molar-refractivity contribution in [2.24, 2.45) is 0 Å². The van der Waals surface area contributed by atoms with Gasteiger partial charge >= 0.3 is 6.03 Å². The highest BCUT2D eigenvalue weighted by atomic mass is 79.9. The molecule has 1 heterocycles. The molecule has 0 spiro atoms. The van der Waals surface area contributed by atoms with Crippen molar-refractivity contribution in [3.63, 3.8) is 0 Å². The molecule has 3 aromatic rings. The molecule has 0 atom stereocenters. The molecule has 150 valence electrons. The quantitative estimate of drug-likeness (QED) is 0.370. The number of hydrogen-bond acceptors (Lipinski definition) is 3. The molecule has 1 aliphatic heterocycles. The van der Waals surface area contributed by atoms with Crippen molar-refractivity contribution in [1.82, 2.24) is 5.32 Å². The molecule has 1 saturated heterocycles. The highest BCUT2D eigenvalue weighted by molar-refractivity contribution is 9.10. The van der Waals surface area contributed by atoms with Gasteiger partial charge in [-0.1, -0.05) is 63.9 Å². The Hall–Kier alpha value is -3.09. The SMILES string of the molecule is O=C1N/C(=C/c2cc(Br)ccc2OCc2ccccc2)C(=O)N1c1cccc(Cl)c1. The number of hydrogen-bond donors (Lipinski definition) is 1. The summed E-state index contributed by atoms with van der Waals surface area (Å²) in [6.45, 7) is 0.383. The molecule has 0 radical (unpaired) electrons. The first-order valence-corrected chi connectivity index (χ1v) is 10.3. The Morgan fingerprint density at radius 2 is 1.80 bits per heavy atom. The monoisotopic (exact) mass is 482 g/mol. The Morgan fingerprint density at radius 3 is 2.57 bits per heavy atom. The van der Waals surface area contributed by atoms with Crippen molar-refractivity contribution in [2.75, 3.05) is 4.90 Å². The van der Waals surface area contributed by atoms with E-state index in [0.717, 1.165) is 14.9 Å². The van der Waals surface area contributed by atoms with E-state index in [1.54, 1.807) is 30.3 Å². The minimum absolute atomic E-state index is 0.155. The van der Waals surface area contributed by atoms with E-state index in [0.29, 0.717) is 28.6 Å². The van der Waals surface area contributed by atoms with Gasteiger partial charge < -0.3 is 10.1 Å². The van der Waals surface area contributed by atoms with Crippen molar-refractivity contribution in [3.8, 4) is 5.75 Å². The largest absolute Gasteiger partial charge is 0.488 e. The van der Waals surface area contributed by atoms with Gasteiger partial charge in [0.2, 0.25) is 0 Å². The summed E-state index contributed by atoms with van der Waals surface area (Å²) < 4.78 is 6.78. The number of imide groups is 1. The summed E-state index contributed by atoms with van der Waals surface area (Å²) in [6, 6.07) is 21.3. The van der Waals surface area contributed by atoms with Gasteiger partial charge in [0, 0.05) is 15.1 Å². The third-order valence-corrected chi connectivity index (χ3v) is 5.18. The molecular weight excluding hydrogens is 468 g/mol. The van der Waals surface area contributed by atoms with Crippen molar-refractivity contribution in [2.45, 2.75) is 6.61 Å². The maximum Gasteiger partial charge on any atom is 0.333 e. The normalized spacial score (nSPS) is 14.9. The first-order chi connectivity index (χ1) is 14.5. The first kappa shape index (κ1) is 20.2. The van der Waals surface area contributed by atoms with Crippen molar-refractivity contribution in [1.29, 1.82) is 0 Å². The molecule has 3 aromatic carbocycles. The fourth-order valence-corrected chi connectivity index (χ4v) is 3.60. The van der Waals surface area contributed by atoms with Crippen LogP contribution in [0, 0.1) is 0 Å². The molecule has 1 aliphatic rings. The molecule has 0 unspecified atom stereocenters. The number of nitrogens with zero attached hydrogens (tertiary/aromatic N) is 1. The second-order valence-electron chi connectivity index (χ2n) is 6.57. The van der Waals surface area contributed by atoms with Crippen LogP contribution in [0.5, 0.6) is 5.75 Å². The van der Waals surface area contributed by atoms with Gasteiger partial charge in [-0.2, -0.15) is 0 Å². The van der Waals surface area contributed by atoms with E-state index >= 15 is 0 Å². The van der Waals surface area contributed by atoms with Gasteiger partial charge in [0.25, 0.3) is 5.91 Å². The number of urea groups is 1. The van der Waals surface area contributed by atoms with Crippen LogP contribution >= 0.6 is 27.5 Å². The number of amides is 3. The standard InChI is InChI=1S/C23H16BrClN2O3/c24-17-9-10-21(30-14-15-5-2-1-3-6-15)16(11-17)12-20-22(28)27(23(29)26-20)19-8-4-7-18(25)13-19/h1-13H,14H2,(H,26,29)/b20-12+. The number of carbonyl (C=O) groups is 2. The zero-order chi connectivity index (χ0) is 21.1. The van der Waals surface area contributed by atoms with Gasteiger partial charge in [-0.15, -0.1) is 0 Å². The molecule has 0 aromatic heterocycles. The lowest BCUT2D eigenvalue weighted by molar-refractivity contribution is -0.113. The maximum atomic E-state index is 12.9. The zero-order valence-corrected chi connectivity index (χ0v) is 18.0. The van der Waals surface area contributed by atoms with Gasteiger partial charge in [-0.3, -0.25) is 4.79 Å². The smallest absolute Gasteiger partial charge is 0.333 e. The average Bonchev–Trinajstić information content (AvgIpc) is 3.01. The molecule has 0 bridgehead atoms. The Balaban J connectivity index is 1.62. The van der Waals surface area contributed by atoms with Crippen molar-refractivity contribution in [3.05, 3.63) is 99.1 Å². The molecule has 1 fully saturated rings. The van der Waals surface area contributed by atoms with Gasteiger partial charge in [0.1, 0.15) is 18.1 Å². The molecule has 3 amide bonds. The van der Waals surface area contributed by atoms with Gasteiger partial charge in [-0.25, -0.2) is 9.69 Å². The van der Waals surface area contributed by atoms with E-state index in [2.05, 4.69) is 21.2 Å². The lowest BCUT2D eigenvalue weighted by Gasteiger charge is -2.12. The van der Waals surface area contributed by atoms with E-state index < -0.39 is 11.9 Å². The van der Waals surface area contributed by atoms with Crippen LogP contribution in [0.15, 0.2) is 83.0 Å². The Kier molecular flexibility index (Phi) is 5.88. The summed E-state index contributed by atoms with van der Waals surface area (Å²) in [5.74, 6) is 0.133. The topological polar surface area (TPSA) is 58.6 Å². The predicted octanol–water partition coefficient (Wildman–Crippen LogP) is 5.78. The predicted molar refractivity (Wildman–Crippen MR) is 120 cm³/mol. The van der Waals surface area contributed by atoms with Crippen LogP contribution in [0.25, 0.3) is 6.08 Å². The van der Waals surface area contributed by atoms with Crippen LogP contribution in [-0.4, -0.2) is 11.9 Å². The van der Waals surface area contributed by atoms with Gasteiger partial charge in [-0.05, 0) is 48.0 Å². The summed E-state index contributed by atoms with van der Waals surface area (Å²) in [4.78, 5) is 26.4. The summed E-state index contributed by atoms with van der Waals surface area (Å²) >= 11 is 9.45.